The number of carbonyl (C=O) groups is 1. The van der Waals surface area contributed by atoms with Gasteiger partial charge < -0.3 is 10.1 Å². The van der Waals surface area contributed by atoms with Gasteiger partial charge in [-0.3, -0.25) is 4.79 Å². The van der Waals surface area contributed by atoms with Crippen molar-refractivity contribution in [1.82, 2.24) is 10.1 Å². The van der Waals surface area contributed by atoms with E-state index < -0.39 is 0 Å². The molecule has 3 atom stereocenters. The van der Waals surface area contributed by atoms with Crippen LogP contribution in [0.5, 0.6) is 0 Å². The minimum atomic E-state index is -0.0108. The number of amides is 1. The van der Waals surface area contributed by atoms with E-state index in [4.69, 9.17) is 0 Å². The van der Waals surface area contributed by atoms with Gasteiger partial charge in [-0.25, -0.2) is 0 Å². The zero-order valence-electron chi connectivity index (χ0n) is 14.5. The van der Waals surface area contributed by atoms with Gasteiger partial charge in [-0.15, -0.1) is 0 Å². The Hall–Kier alpha value is -0.765. The molecule has 1 unspecified atom stereocenters. The van der Waals surface area contributed by atoms with Crippen LogP contribution in [0.4, 0.5) is 0 Å². The standard InChI is InChI=1S/C19H32BN2O/c1-2-18(23)21-19-16-13-22(14-17(16)19)20-15-11-9-7-5-3-4-6-8-10-12-15/h2,15-17,19H,1,3-14H2,(H,21,23)/t16-,17+,19?. The summed E-state index contributed by atoms with van der Waals surface area (Å²) in [5.41, 5.74) is 0. The fraction of sp³-hybridized carbons (Fsp3) is 0.842. The second kappa shape index (κ2) is 8.37. The van der Waals surface area contributed by atoms with Crippen molar-refractivity contribution in [1.29, 1.82) is 0 Å². The van der Waals surface area contributed by atoms with Crippen LogP contribution in [-0.4, -0.2) is 37.3 Å². The Labute approximate surface area is 142 Å². The lowest BCUT2D eigenvalue weighted by Crippen LogP contribution is -2.36. The predicted molar refractivity (Wildman–Crippen MR) is 96.4 cm³/mol. The van der Waals surface area contributed by atoms with Crippen LogP contribution >= 0.6 is 0 Å². The highest BCUT2D eigenvalue weighted by Crippen LogP contribution is 2.45. The van der Waals surface area contributed by atoms with Crippen LogP contribution in [0.25, 0.3) is 0 Å². The maximum Gasteiger partial charge on any atom is 0.243 e. The summed E-state index contributed by atoms with van der Waals surface area (Å²) in [5, 5.41) is 3.07. The fourth-order valence-corrected chi connectivity index (χ4v) is 4.58. The third kappa shape index (κ3) is 4.85. The van der Waals surface area contributed by atoms with E-state index in [1.807, 2.05) is 0 Å². The molecule has 4 heteroatoms. The number of hydrogen-bond donors (Lipinski definition) is 1. The highest BCUT2D eigenvalue weighted by atomic mass is 16.1. The summed E-state index contributed by atoms with van der Waals surface area (Å²) < 4.78 is 0. The minimum Gasteiger partial charge on any atom is -0.349 e. The molecule has 1 saturated heterocycles. The van der Waals surface area contributed by atoms with E-state index in [0.717, 1.165) is 18.9 Å². The van der Waals surface area contributed by atoms with Gasteiger partial charge in [0.15, 0.2) is 0 Å². The van der Waals surface area contributed by atoms with Gasteiger partial charge in [-0.2, -0.15) is 0 Å². The molecule has 2 saturated carbocycles. The first kappa shape index (κ1) is 17.1. The Bertz CT molecular complexity index is 390. The van der Waals surface area contributed by atoms with Gasteiger partial charge in [0, 0.05) is 6.04 Å². The van der Waals surface area contributed by atoms with E-state index in [9.17, 15) is 4.79 Å². The van der Waals surface area contributed by atoms with Crippen molar-refractivity contribution in [3.05, 3.63) is 12.7 Å². The summed E-state index contributed by atoms with van der Waals surface area (Å²) in [4.78, 5) is 14.0. The highest BCUT2D eigenvalue weighted by Gasteiger charge is 2.56. The van der Waals surface area contributed by atoms with Crippen molar-refractivity contribution >= 4 is 13.3 Å². The molecule has 2 aliphatic carbocycles. The van der Waals surface area contributed by atoms with E-state index in [2.05, 4.69) is 24.1 Å². The molecule has 1 heterocycles. The van der Waals surface area contributed by atoms with Crippen LogP contribution in [0.3, 0.4) is 0 Å². The number of carbonyl (C=O) groups excluding carboxylic acids is 1. The number of rotatable bonds is 4. The molecule has 3 fully saturated rings. The third-order valence-electron chi connectivity index (χ3n) is 6.04. The molecule has 1 aliphatic heterocycles. The summed E-state index contributed by atoms with van der Waals surface area (Å²) in [6.07, 6.45) is 15.6. The van der Waals surface area contributed by atoms with Gasteiger partial charge in [-0.1, -0.05) is 76.6 Å². The Morgan fingerprint density at radius 2 is 1.48 bits per heavy atom. The summed E-state index contributed by atoms with van der Waals surface area (Å²) in [5.74, 6) is 2.13. The molecule has 23 heavy (non-hydrogen) atoms. The first-order valence-corrected chi connectivity index (χ1v) is 9.80. The molecule has 127 valence electrons. The van der Waals surface area contributed by atoms with Gasteiger partial charge in [0.1, 0.15) is 0 Å². The molecule has 0 spiro atoms. The van der Waals surface area contributed by atoms with Crippen molar-refractivity contribution in [2.45, 2.75) is 76.1 Å². The van der Waals surface area contributed by atoms with Crippen molar-refractivity contribution in [3.63, 3.8) is 0 Å². The average molecular weight is 315 g/mol. The van der Waals surface area contributed by atoms with E-state index in [1.54, 1.807) is 0 Å². The SMILES string of the molecule is C=CC(=O)NC1[C@H]2CN([B]C3CCCCCCCCCC3)C[C@@H]12. The Morgan fingerprint density at radius 3 is 2.00 bits per heavy atom. The lowest BCUT2D eigenvalue weighted by molar-refractivity contribution is -0.116. The highest BCUT2D eigenvalue weighted by molar-refractivity contribution is 6.34. The Balaban J connectivity index is 1.39. The molecule has 1 radical (unpaired) electrons. The average Bonchev–Trinajstić information content (AvgIpc) is 2.98. The Morgan fingerprint density at radius 1 is 0.957 bits per heavy atom. The molecular formula is C19H32BN2O. The van der Waals surface area contributed by atoms with Crippen LogP contribution < -0.4 is 5.32 Å². The van der Waals surface area contributed by atoms with Crippen molar-refractivity contribution < 1.29 is 4.79 Å². The lowest BCUT2D eigenvalue weighted by atomic mass is 9.68. The molecular weight excluding hydrogens is 283 g/mol. The topological polar surface area (TPSA) is 32.3 Å². The lowest BCUT2D eigenvalue weighted by Gasteiger charge is -2.24. The van der Waals surface area contributed by atoms with Crippen LogP contribution in [-0.2, 0) is 4.79 Å². The molecule has 0 bridgehead atoms. The molecule has 0 aromatic carbocycles. The van der Waals surface area contributed by atoms with Gasteiger partial charge in [-0.05, 0) is 31.0 Å². The quantitative estimate of drug-likeness (QED) is 0.636. The van der Waals surface area contributed by atoms with E-state index in [1.165, 1.54) is 70.3 Å². The zero-order valence-corrected chi connectivity index (χ0v) is 14.5. The number of hydrogen-bond acceptors (Lipinski definition) is 2. The second-order valence-electron chi connectivity index (χ2n) is 7.84. The maximum absolute atomic E-state index is 11.4. The maximum atomic E-state index is 11.4. The molecule has 3 rings (SSSR count). The fourth-order valence-electron chi connectivity index (χ4n) is 4.58. The largest absolute Gasteiger partial charge is 0.349 e. The van der Waals surface area contributed by atoms with Gasteiger partial charge in [0.05, 0.1) is 0 Å². The predicted octanol–water partition coefficient (Wildman–Crippen LogP) is 3.54. The van der Waals surface area contributed by atoms with Crippen molar-refractivity contribution in [2.75, 3.05) is 13.1 Å². The van der Waals surface area contributed by atoms with Crippen LogP contribution in [0.1, 0.15) is 64.2 Å². The van der Waals surface area contributed by atoms with Crippen LogP contribution in [0.2, 0.25) is 5.82 Å². The normalized spacial score (nSPS) is 33.3. The van der Waals surface area contributed by atoms with E-state index in [0.29, 0.717) is 17.9 Å². The van der Waals surface area contributed by atoms with Crippen LogP contribution in [0.15, 0.2) is 12.7 Å². The van der Waals surface area contributed by atoms with Gasteiger partial charge >= 0.3 is 0 Å². The van der Waals surface area contributed by atoms with E-state index >= 15 is 0 Å². The first-order valence-electron chi connectivity index (χ1n) is 9.80. The second-order valence-corrected chi connectivity index (χ2v) is 7.84. The number of piperidine rings is 1. The summed E-state index contributed by atoms with van der Waals surface area (Å²) in [6.45, 7) is 5.82. The van der Waals surface area contributed by atoms with Crippen molar-refractivity contribution in [3.8, 4) is 0 Å². The minimum absolute atomic E-state index is 0.0108. The molecule has 0 aromatic heterocycles. The molecule has 0 aromatic rings. The number of fused-ring (bicyclic) bond motifs is 1. The number of nitrogens with zero attached hydrogens (tertiary/aromatic N) is 1. The monoisotopic (exact) mass is 315 g/mol. The summed E-state index contributed by atoms with van der Waals surface area (Å²) >= 11 is 0. The van der Waals surface area contributed by atoms with Crippen LogP contribution in [0, 0.1) is 11.8 Å². The molecule has 3 aliphatic rings. The molecule has 1 amide bonds. The molecule has 1 N–H and O–H groups in total. The Kier molecular flexibility index (Phi) is 6.21. The summed E-state index contributed by atoms with van der Waals surface area (Å²) in [7, 11) is 2.55. The number of nitrogens with one attached hydrogen (secondary N) is 1. The third-order valence-corrected chi connectivity index (χ3v) is 6.04. The van der Waals surface area contributed by atoms with Gasteiger partial charge in [0.2, 0.25) is 13.3 Å². The summed E-state index contributed by atoms with van der Waals surface area (Å²) in [6, 6.07) is 0.415. The van der Waals surface area contributed by atoms with Crippen molar-refractivity contribution in [2.24, 2.45) is 11.8 Å². The zero-order chi connectivity index (χ0) is 16.1. The van der Waals surface area contributed by atoms with Gasteiger partial charge in [0.25, 0.3) is 0 Å². The van der Waals surface area contributed by atoms with E-state index in [-0.39, 0.29) is 5.91 Å². The first-order chi connectivity index (χ1) is 11.3. The smallest absolute Gasteiger partial charge is 0.243 e. The molecule has 3 nitrogen and oxygen atoms in total.